The third-order valence-electron chi connectivity index (χ3n) is 5.98. The first kappa shape index (κ1) is 20.7. The van der Waals surface area contributed by atoms with Crippen LogP contribution in [0, 0.1) is 5.41 Å². The van der Waals surface area contributed by atoms with Crippen molar-refractivity contribution >= 4 is 11.6 Å². The Morgan fingerprint density at radius 3 is 2.33 bits per heavy atom. The van der Waals surface area contributed by atoms with E-state index >= 15 is 0 Å². The minimum atomic E-state index is -4.21. The lowest BCUT2D eigenvalue weighted by Crippen LogP contribution is -2.32. The van der Waals surface area contributed by atoms with Gasteiger partial charge in [0, 0.05) is 40.8 Å². The molecule has 7 heteroatoms. The van der Waals surface area contributed by atoms with Crippen LogP contribution in [0.3, 0.4) is 0 Å². The van der Waals surface area contributed by atoms with Gasteiger partial charge in [-0.05, 0) is 24.7 Å². The number of hydrogen-bond acceptors (Lipinski definition) is 3. The van der Waals surface area contributed by atoms with Gasteiger partial charge in [-0.2, -0.15) is 18.3 Å². The van der Waals surface area contributed by atoms with Crippen molar-refractivity contribution in [3.05, 3.63) is 58.4 Å². The monoisotopic (exact) mass is 417 g/mol. The average Bonchev–Trinajstić information content (AvgIpc) is 3.40. The number of ketones is 1. The summed E-state index contributed by atoms with van der Waals surface area (Å²) in [7, 11) is 0. The number of hydrogen-bond donors (Lipinski definition) is 2. The standard InChI is InChI=1S/C16H21N3O.C7H5F3/c1-8-12-10(6-16(2,3)7-11(12)20)17-15-13(8)14(18-19-15)9-4-5-9;8-7(9,10)6-4-2-1-3-5-6/h8-9H,4-7H2,1-3H3,(H2,17,18,19);1-5H. The van der Waals surface area contributed by atoms with Crippen LogP contribution in [-0.4, -0.2) is 16.0 Å². The normalized spacial score (nSPS) is 22.5. The summed E-state index contributed by atoms with van der Waals surface area (Å²) in [5.41, 5.74) is 4.04. The zero-order chi connectivity index (χ0) is 21.7. The lowest BCUT2D eigenvalue weighted by molar-refractivity contribution is -0.137. The summed E-state index contributed by atoms with van der Waals surface area (Å²) < 4.78 is 35.4. The number of aromatic amines is 1. The molecular weight excluding hydrogens is 391 g/mol. The molecule has 3 aliphatic rings. The van der Waals surface area contributed by atoms with Gasteiger partial charge < -0.3 is 5.32 Å². The van der Waals surface area contributed by atoms with Gasteiger partial charge >= 0.3 is 6.18 Å². The fraction of sp³-hybridized carbons (Fsp3) is 0.478. The van der Waals surface area contributed by atoms with Crippen LogP contribution in [0.25, 0.3) is 0 Å². The van der Waals surface area contributed by atoms with Gasteiger partial charge in [0.05, 0.1) is 5.56 Å². The number of Topliss-reactive ketones (excluding diaryl/α,β-unsaturated/α-hetero) is 1. The molecule has 160 valence electrons. The van der Waals surface area contributed by atoms with Gasteiger partial charge in [-0.3, -0.25) is 9.89 Å². The van der Waals surface area contributed by atoms with E-state index < -0.39 is 11.7 Å². The zero-order valence-corrected chi connectivity index (χ0v) is 17.4. The van der Waals surface area contributed by atoms with Gasteiger partial charge in [-0.1, -0.05) is 51.1 Å². The molecule has 1 aliphatic heterocycles. The summed E-state index contributed by atoms with van der Waals surface area (Å²) in [5, 5.41) is 11.1. The maximum absolute atomic E-state index is 12.6. The predicted molar refractivity (Wildman–Crippen MR) is 109 cm³/mol. The smallest absolute Gasteiger partial charge is 0.342 e. The van der Waals surface area contributed by atoms with Crippen LogP contribution in [0.5, 0.6) is 0 Å². The fourth-order valence-electron chi connectivity index (χ4n) is 4.44. The molecule has 0 radical (unpaired) electrons. The van der Waals surface area contributed by atoms with E-state index in [2.05, 4.69) is 36.3 Å². The first-order valence-electron chi connectivity index (χ1n) is 10.3. The SMILES string of the molecule is CC1C2=C(CC(C)(C)CC2=O)Nc2n[nH]c(C3CC3)c21.FC(F)(F)c1ccccc1. The number of aromatic nitrogens is 2. The fourth-order valence-corrected chi connectivity index (χ4v) is 4.44. The van der Waals surface area contributed by atoms with Crippen LogP contribution >= 0.6 is 0 Å². The van der Waals surface area contributed by atoms with Crippen LogP contribution in [0.1, 0.15) is 75.1 Å². The Bertz CT molecular complexity index is 985. The third-order valence-corrected chi connectivity index (χ3v) is 5.98. The zero-order valence-electron chi connectivity index (χ0n) is 17.4. The number of carbonyl (C=O) groups is 1. The number of allylic oxidation sites excluding steroid dienone is 2. The van der Waals surface area contributed by atoms with Gasteiger partial charge in [0.2, 0.25) is 0 Å². The first-order chi connectivity index (χ1) is 14.1. The number of fused-ring (bicyclic) bond motifs is 1. The minimum Gasteiger partial charge on any atom is -0.342 e. The number of rotatable bonds is 1. The lowest BCUT2D eigenvalue weighted by Gasteiger charge is -2.37. The van der Waals surface area contributed by atoms with E-state index in [1.807, 2.05) is 0 Å². The number of H-pyrrole nitrogens is 1. The van der Waals surface area contributed by atoms with E-state index in [1.165, 1.54) is 36.2 Å². The van der Waals surface area contributed by atoms with Crippen molar-refractivity contribution in [2.24, 2.45) is 5.41 Å². The summed E-state index contributed by atoms with van der Waals surface area (Å²) in [6, 6.07) is 6.36. The molecule has 0 amide bonds. The summed E-state index contributed by atoms with van der Waals surface area (Å²) in [6.45, 7) is 6.49. The summed E-state index contributed by atoms with van der Waals surface area (Å²) in [6.07, 6.45) is -0.128. The second kappa shape index (κ2) is 7.29. The van der Waals surface area contributed by atoms with Crippen LogP contribution in [0.4, 0.5) is 19.0 Å². The molecule has 2 heterocycles. The van der Waals surface area contributed by atoms with E-state index in [4.69, 9.17) is 0 Å². The van der Waals surface area contributed by atoms with Crippen LogP contribution < -0.4 is 5.32 Å². The molecule has 1 aromatic heterocycles. The Morgan fingerprint density at radius 2 is 1.77 bits per heavy atom. The largest absolute Gasteiger partial charge is 0.416 e. The second-order valence-electron chi connectivity index (χ2n) is 9.22. The Hall–Kier alpha value is -2.57. The molecule has 2 N–H and O–H groups in total. The molecule has 2 aromatic rings. The Kier molecular flexibility index (Phi) is 5.03. The summed E-state index contributed by atoms with van der Waals surface area (Å²) in [5.74, 6) is 2.07. The quantitative estimate of drug-likeness (QED) is 0.584. The molecule has 0 saturated heterocycles. The van der Waals surface area contributed by atoms with Gasteiger partial charge in [0.15, 0.2) is 11.6 Å². The number of nitrogens with zero attached hydrogens (tertiary/aromatic N) is 1. The molecular formula is C23H26F3N3O. The molecule has 0 spiro atoms. The van der Waals surface area contributed by atoms with Gasteiger partial charge in [0.1, 0.15) is 0 Å². The van der Waals surface area contributed by atoms with E-state index in [9.17, 15) is 18.0 Å². The maximum Gasteiger partial charge on any atom is 0.416 e. The topological polar surface area (TPSA) is 57.8 Å². The van der Waals surface area contributed by atoms with E-state index in [-0.39, 0.29) is 11.3 Å². The Labute approximate surface area is 174 Å². The van der Waals surface area contributed by atoms with Crippen molar-refractivity contribution in [1.29, 1.82) is 0 Å². The van der Waals surface area contributed by atoms with Gasteiger partial charge in [0.25, 0.3) is 0 Å². The summed E-state index contributed by atoms with van der Waals surface area (Å²) in [4.78, 5) is 12.6. The molecule has 1 fully saturated rings. The number of anilines is 1. The molecule has 1 unspecified atom stereocenters. The Morgan fingerprint density at radius 1 is 1.10 bits per heavy atom. The van der Waals surface area contributed by atoms with Crippen molar-refractivity contribution < 1.29 is 18.0 Å². The predicted octanol–water partition coefficient (Wildman–Crippen LogP) is 6.16. The molecule has 30 heavy (non-hydrogen) atoms. The number of benzene rings is 1. The second-order valence-corrected chi connectivity index (χ2v) is 9.22. The molecule has 4 nitrogen and oxygen atoms in total. The van der Waals surface area contributed by atoms with Gasteiger partial charge in [-0.15, -0.1) is 0 Å². The maximum atomic E-state index is 12.6. The average molecular weight is 417 g/mol. The Balaban J connectivity index is 0.000000185. The number of carbonyl (C=O) groups excluding carboxylic acids is 1. The van der Waals surface area contributed by atoms with E-state index in [0.29, 0.717) is 18.1 Å². The highest BCUT2D eigenvalue weighted by atomic mass is 19.4. The molecule has 2 aliphatic carbocycles. The van der Waals surface area contributed by atoms with E-state index in [1.54, 1.807) is 6.07 Å². The van der Waals surface area contributed by atoms with Crippen LogP contribution in [0.15, 0.2) is 41.6 Å². The number of nitrogens with one attached hydrogen (secondary N) is 2. The molecule has 1 atom stereocenters. The molecule has 5 rings (SSSR count). The minimum absolute atomic E-state index is 0.0514. The van der Waals surface area contributed by atoms with Crippen molar-refractivity contribution in [1.82, 2.24) is 10.2 Å². The summed E-state index contributed by atoms with van der Waals surface area (Å²) >= 11 is 0. The van der Waals surface area contributed by atoms with Crippen molar-refractivity contribution in [2.45, 2.75) is 64.5 Å². The number of halogens is 3. The van der Waals surface area contributed by atoms with Gasteiger partial charge in [-0.25, -0.2) is 0 Å². The van der Waals surface area contributed by atoms with Crippen LogP contribution in [-0.2, 0) is 11.0 Å². The van der Waals surface area contributed by atoms with Crippen molar-refractivity contribution in [3.8, 4) is 0 Å². The highest BCUT2D eigenvalue weighted by Crippen LogP contribution is 2.50. The van der Waals surface area contributed by atoms with Crippen molar-refractivity contribution in [3.63, 3.8) is 0 Å². The first-order valence-corrected chi connectivity index (χ1v) is 10.3. The third kappa shape index (κ3) is 4.02. The van der Waals surface area contributed by atoms with E-state index in [0.717, 1.165) is 35.6 Å². The highest BCUT2D eigenvalue weighted by molar-refractivity contribution is 6.00. The molecule has 1 saturated carbocycles. The molecule has 0 bridgehead atoms. The number of alkyl halides is 3. The van der Waals surface area contributed by atoms with Crippen LogP contribution in [0.2, 0.25) is 0 Å². The molecule has 1 aromatic carbocycles. The highest BCUT2D eigenvalue weighted by Gasteiger charge is 2.42. The van der Waals surface area contributed by atoms with Crippen molar-refractivity contribution in [2.75, 3.05) is 5.32 Å². The lowest BCUT2D eigenvalue weighted by atomic mass is 9.71.